The number of piperidine rings is 1. The molecule has 4 amide bonds. The van der Waals surface area contributed by atoms with E-state index in [0.29, 0.717) is 36.2 Å². The van der Waals surface area contributed by atoms with Gasteiger partial charge in [0.1, 0.15) is 16.9 Å². The first-order valence-corrected chi connectivity index (χ1v) is 12.2. The van der Waals surface area contributed by atoms with Crippen LogP contribution < -0.4 is 20.7 Å². The minimum absolute atomic E-state index is 0.0778. The molecule has 0 atom stereocenters. The molecular weight excluding hydrogens is 432 g/mol. The van der Waals surface area contributed by atoms with E-state index in [0.717, 1.165) is 42.0 Å². The van der Waals surface area contributed by atoms with E-state index in [1.165, 1.54) is 19.3 Å². The number of nitrogens with zero attached hydrogens (tertiary/aromatic N) is 1. The lowest BCUT2D eigenvalue weighted by atomic mass is 9.96. The van der Waals surface area contributed by atoms with E-state index in [-0.39, 0.29) is 18.1 Å². The topological polar surface area (TPSA) is 95.8 Å². The Bertz CT molecular complexity index is 1180. The molecule has 0 bridgehead atoms. The Kier molecular flexibility index (Phi) is 6.47. The maximum Gasteiger partial charge on any atom is 0.321 e. The summed E-state index contributed by atoms with van der Waals surface area (Å²) in [4.78, 5) is 27.1. The van der Waals surface area contributed by atoms with Crippen LogP contribution in [0.3, 0.4) is 0 Å². The Labute approximate surface area is 199 Å². The van der Waals surface area contributed by atoms with Crippen LogP contribution in [0, 0.1) is 0 Å². The number of ether oxygens (including phenoxy) is 1. The fourth-order valence-corrected chi connectivity index (χ4v) is 5.10. The number of furan rings is 1. The van der Waals surface area contributed by atoms with Crippen molar-refractivity contribution in [3.05, 3.63) is 36.4 Å². The largest absolute Gasteiger partial charge is 0.495 e. The minimum atomic E-state index is -0.182. The highest BCUT2D eigenvalue weighted by molar-refractivity contribution is 6.07. The summed E-state index contributed by atoms with van der Waals surface area (Å²) in [6.45, 7) is 1.16. The highest BCUT2D eigenvalue weighted by Gasteiger charge is 2.26. The third-order valence-corrected chi connectivity index (χ3v) is 7.00. The van der Waals surface area contributed by atoms with Gasteiger partial charge in [-0.2, -0.15) is 0 Å². The number of methoxy groups -OCH3 is 1. The van der Waals surface area contributed by atoms with Crippen molar-refractivity contribution in [2.75, 3.05) is 25.5 Å². The molecule has 1 saturated carbocycles. The van der Waals surface area contributed by atoms with E-state index >= 15 is 0 Å². The first kappa shape index (κ1) is 22.4. The van der Waals surface area contributed by atoms with Crippen molar-refractivity contribution in [3.8, 4) is 5.75 Å². The highest BCUT2D eigenvalue weighted by Crippen LogP contribution is 2.36. The Morgan fingerprint density at radius 3 is 2.35 bits per heavy atom. The number of anilines is 1. The number of amides is 4. The average Bonchev–Trinajstić information content (AvgIpc) is 3.21. The molecule has 0 radical (unpaired) electrons. The maximum absolute atomic E-state index is 13.0. The van der Waals surface area contributed by atoms with Gasteiger partial charge in [-0.1, -0.05) is 37.5 Å². The lowest BCUT2D eigenvalue weighted by Crippen LogP contribution is -2.51. The van der Waals surface area contributed by atoms with Crippen molar-refractivity contribution >= 4 is 39.7 Å². The van der Waals surface area contributed by atoms with Gasteiger partial charge in [0.05, 0.1) is 12.8 Å². The third kappa shape index (κ3) is 4.76. The number of urea groups is 2. The summed E-state index contributed by atoms with van der Waals surface area (Å²) >= 11 is 0. The van der Waals surface area contributed by atoms with Gasteiger partial charge in [0.2, 0.25) is 0 Å². The number of carbonyl (C=O) groups is 2. The monoisotopic (exact) mass is 464 g/mol. The SMILES string of the molecule is COc1cc2c(cc1NC(=O)N1CCC(NC(=O)NC3CCCCC3)CC1)oc1ccccc12. The number of benzene rings is 2. The molecule has 180 valence electrons. The molecule has 2 aromatic carbocycles. The van der Waals surface area contributed by atoms with Crippen LogP contribution in [0.5, 0.6) is 5.75 Å². The molecular formula is C26H32N4O4. The lowest BCUT2D eigenvalue weighted by Gasteiger charge is -2.33. The van der Waals surface area contributed by atoms with Crippen molar-refractivity contribution in [1.29, 1.82) is 0 Å². The molecule has 2 aliphatic rings. The Morgan fingerprint density at radius 2 is 1.62 bits per heavy atom. The van der Waals surface area contributed by atoms with Crippen molar-refractivity contribution in [2.24, 2.45) is 0 Å². The van der Waals surface area contributed by atoms with Gasteiger partial charge in [-0.15, -0.1) is 0 Å². The second-order valence-electron chi connectivity index (χ2n) is 9.29. The summed E-state index contributed by atoms with van der Waals surface area (Å²) in [7, 11) is 1.59. The van der Waals surface area contributed by atoms with Gasteiger partial charge in [-0.25, -0.2) is 9.59 Å². The summed E-state index contributed by atoms with van der Waals surface area (Å²) in [5.41, 5.74) is 2.07. The van der Waals surface area contributed by atoms with E-state index in [9.17, 15) is 9.59 Å². The number of hydrogen-bond acceptors (Lipinski definition) is 4. The predicted molar refractivity (Wildman–Crippen MR) is 132 cm³/mol. The summed E-state index contributed by atoms with van der Waals surface area (Å²) in [5.74, 6) is 0.586. The lowest BCUT2D eigenvalue weighted by molar-refractivity contribution is 0.186. The fourth-order valence-electron chi connectivity index (χ4n) is 5.10. The van der Waals surface area contributed by atoms with Gasteiger partial charge in [-0.3, -0.25) is 0 Å². The first-order chi connectivity index (χ1) is 16.6. The predicted octanol–water partition coefficient (Wildman–Crippen LogP) is 5.22. The summed E-state index contributed by atoms with van der Waals surface area (Å²) in [5, 5.41) is 11.1. The van der Waals surface area contributed by atoms with Gasteiger partial charge < -0.3 is 30.0 Å². The molecule has 1 saturated heterocycles. The van der Waals surface area contributed by atoms with Crippen LogP contribution in [-0.4, -0.2) is 49.2 Å². The van der Waals surface area contributed by atoms with Crippen molar-refractivity contribution in [2.45, 2.75) is 57.0 Å². The molecule has 0 unspecified atom stereocenters. The molecule has 0 spiro atoms. The third-order valence-electron chi connectivity index (χ3n) is 7.00. The number of rotatable bonds is 4. The van der Waals surface area contributed by atoms with Crippen LogP contribution in [0.15, 0.2) is 40.8 Å². The first-order valence-electron chi connectivity index (χ1n) is 12.2. The summed E-state index contributed by atoms with van der Waals surface area (Å²) < 4.78 is 11.5. The van der Waals surface area contributed by atoms with Crippen molar-refractivity contribution in [3.63, 3.8) is 0 Å². The second kappa shape index (κ2) is 9.83. The quantitative estimate of drug-likeness (QED) is 0.493. The van der Waals surface area contributed by atoms with E-state index in [1.54, 1.807) is 12.0 Å². The van der Waals surface area contributed by atoms with Crippen LogP contribution in [0.4, 0.5) is 15.3 Å². The standard InChI is InChI=1S/C26H32N4O4/c1-33-24-15-20-19-9-5-6-10-22(19)34-23(20)16-21(24)29-26(32)30-13-11-18(12-14-30)28-25(31)27-17-7-3-2-4-8-17/h5-6,9-10,15-18H,2-4,7-8,11-14H2,1H3,(H,29,32)(H2,27,28,31). The molecule has 1 aromatic heterocycles. The smallest absolute Gasteiger partial charge is 0.321 e. The molecule has 1 aliphatic heterocycles. The zero-order chi connectivity index (χ0) is 23.5. The Balaban J connectivity index is 1.18. The van der Waals surface area contributed by atoms with Gasteiger partial charge in [-0.05, 0) is 37.8 Å². The molecule has 5 rings (SSSR count). The van der Waals surface area contributed by atoms with E-state index in [2.05, 4.69) is 16.0 Å². The summed E-state index contributed by atoms with van der Waals surface area (Å²) in [6, 6.07) is 11.7. The van der Waals surface area contributed by atoms with E-state index in [1.807, 2.05) is 36.4 Å². The van der Waals surface area contributed by atoms with Crippen molar-refractivity contribution in [1.82, 2.24) is 15.5 Å². The molecule has 8 heteroatoms. The molecule has 8 nitrogen and oxygen atoms in total. The number of likely N-dealkylation sites (tertiary alicyclic amines) is 1. The number of nitrogens with one attached hydrogen (secondary N) is 3. The van der Waals surface area contributed by atoms with Crippen LogP contribution in [0.2, 0.25) is 0 Å². The van der Waals surface area contributed by atoms with Crippen LogP contribution in [-0.2, 0) is 0 Å². The molecule has 1 aliphatic carbocycles. The zero-order valence-corrected chi connectivity index (χ0v) is 19.6. The Hall–Kier alpha value is -3.42. The van der Waals surface area contributed by atoms with Crippen molar-refractivity contribution < 1.29 is 18.7 Å². The second-order valence-corrected chi connectivity index (χ2v) is 9.29. The molecule has 3 aromatic rings. The normalized spacial score (nSPS) is 17.6. The minimum Gasteiger partial charge on any atom is -0.495 e. The zero-order valence-electron chi connectivity index (χ0n) is 19.6. The molecule has 3 N–H and O–H groups in total. The van der Waals surface area contributed by atoms with Gasteiger partial charge >= 0.3 is 12.1 Å². The van der Waals surface area contributed by atoms with Gasteiger partial charge in [0.25, 0.3) is 0 Å². The van der Waals surface area contributed by atoms with Gasteiger partial charge in [0, 0.05) is 42.0 Å². The molecule has 2 fully saturated rings. The molecule has 2 heterocycles. The molecule has 34 heavy (non-hydrogen) atoms. The van der Waals surface area contributed by atoms with E-state index < -0.39 is 0 Å². The number of para-hydroxylation sites is 1. The van der Waals surface area contributed by atoms with Crippen LogP contribution in [0.1, 0.15) is 44.9 Å². The number of fused-ring (bicyclic) bond motifs is 3. The van der Waals surface area contributed by atoms with Crippen LogP contribution >= 0.6 is 0 Å². The highest BCUT2D eigenvalue weighted by atomic mass is 16.5. The average molecular weight is 465 g/mol. The number of hydrogen-bond donors (Lipinski definition) is 3. The van der Waals surface area contributed by atoms with E-state index in [4.69, 9.17) is 9.15 Å². The number of carbonyl (C=O) groups excluding carboxylic acids is 2. The summed E-state index contributed by atoms with van der Waals surface area (Å²) in [6.07, 6.45) is 7.22. The van der Waals surface area contributed by atoms with Crippen LogP contribution in [0.25, 0.3) is 21.9 Å². The Morgan fingerprint density at radius 1 is 0.912 bits per heavy atom. The fraction of sp³-hybridized carbons (Fsp3) is 0.462. The maximum atomic E-state index is 13.0. The van der Waals surface area contributed by atoms with Gasteiger partial charge in [0.15, 0.2) is 0 Å².